The van der Waals surface area contributed by atoms with Gasteiger partial charge in [0.2, 0.25) is 0 Å². The molecule has 0 spiro atoms. The fraction of sp³-hybridized carbons (Fsp3) is 0.182. The van der Waals surface area contributed by atoms with E-state index in [0.29, 0.717) is 17.1 Å². The van der Waals surface area contributed by atoms with E-state index in [1.807, 2.05) is 51.1 Å². The predicted octanol–water partition coefficient (Wildman–Crippen LogP) is 4.91. The number of nitrogens with zero attached hydrogens (tertiary/aromatic N) is 1. The van der Waals surface area contributed by atoms with Crippen LogP contribution in [0.1, 0.15) is 22.5 Å². The molecule has 136 valence electrons. The summed E-state index contributed by atoms with van der Waals surface area (Å²) in [6.07, 6.45) is 1.44. The van der Waals surface area contributed by atoms with Crippen LogP contribution >= 0.6 is 0 Å². The van der Waals surface area contributed by atoms with Crippen LogP contribution < -0.4 is 10.1 Å². The van der Waals surface area contributed by atoms with E-state index in [1.165, 1.54) is 6.08 Å². The number of anilines is 1. The van der Waals surface area contributed by atoms with Gasteiger partial charge >= 0.3 is 0 Å². The van der Waals surface area contributed by atoms with Crippen LogP contribution in [0.5, 0.6) is 5.75 Å². The normalized spacial score (nSPS) is 11.3. The highest BCUT2D eigenvalue weighted by Gasteiger charge is 2.15. The van der Waals surface area contributed by atoms with Crippen molar-refractivity contribution < 1.29 is 13.9 Å². The molecule has 1 N–H and O–H groups in total. The first-order chi connectivity index (χ1) is 12.9. The first-order valence-corrected chi connectivity index (χ1v) is 8.50. The molecule has 0 aliphatic heterocycles. The summed E-state index contributed by atoms with van der Waals surface area (Å²) in [5.74, 6) is 0.541. The third-order valence-electron chi connectivity index (χ3n) is 4.31. The number of nitrogens with one attached hydrogen (secondary N) is 1. The summed E-state index contributed by atoms with van der Waals surface area (Å²) in [5.41, 5.74) is 4.29. The molecule has 1 heterocycles. The zero-order valence-electron chi connectivity index (χ0n) is 15.7. The minimum absolute atomic E-state index is 0.0348. The Bertz CT molecular complexity index is 1080. The first kappa shape index (κ1) is 18.3. The lowest BCUT2D eigenvalue weighted by atomic mass is 10.0. The number of hydrogen-bond donors (Lipinski definition) is 1. The van der Waals surface area contributed by atoms with Gasteiger partial charge in [0, 0.05) is 17.1 Å². The number of nitriles is 1. The topological polar surface area (TPSA) is 75.3 Å². The molecule has 0 saturated heterocycles. The molecule has 0 bridgehead atoms. The number of furan rings is 1. The Kier molecular flexibility index (Phi) is 5.00. The van der Waals surface area contributed by atoms with Crippen molar-refractivity contribution in [1.29, 1.82) is 5.26 Å². The van der Waals surface area contributed by atoms with E-state index < -0.39 is 5.91 Å². The number of fused-ring (bicyclic) bond motifs is 1. The number of rotatable bonds is 4. The Hall–Kier alpha value is -3.52. The van der Waals surface area contributed by atoms with Crippen molar-refractivity contribution in [3.05, 3.63) is 64.4 Å². The van der Waals surface area contributed by atoms with E-state index in [0.717, 1.165) is 27.8 Å². The van der Waals surface area contributed by atoms with E-state index in [9.17, 15) is 10.1 Å². The Morgan fingerprint density at radius 1 is 1.19 bits per heavy atom. The van der Waals surface area contributed by atoms with Gasteiger partial charge in [-0.1, -0.05) is 29.8 Å². The summed E-state index contributed by atoms with van der Waals surface area (Å²) in [4.78, 5) is 12.6. The molecule has 5 heteroatoms. The molecule has 3 aromatic rings. The van der Waals surface area contributed by atoms with Crippen molar-refractivity contribution in [2.45, 2.75) is 20.8 Å². The molecule has 27 heavy (non-hydrogen) atoms. The highest BCUT2D eigenvalue weighted by molar-refractivity contribution is 6.10. The average Bonchev–Trinajstić information content (AvgIpc) is 3.05. The first-order valence-electron chi connectivity index (χ1n) is 8.50. The van der Waals surface area contributed by atoms with Gasteiger partial charge in [0.1, 0.15) is 17.4 Å². The lowest BCUT2D eigenvalue weighted by Gasteiger charge is -2.12. The molecule has 0 fully saturated rings. The highest BCUT2D eigenvalue weighted by atomic mass is 16.5. The van der Waals surface area contributed by atoms with Crippen LogP contribution in [0.25, 0.3) is 17.0 Å². The number of aryl methyl sites for hydroxylation is 3. The molecule has 0 aliphatic carbocycles. The third kappa shape index (κ3) is 3.70. The second kappa shape index (κ2) is 7.38. The zero-order chi connectivity index (χ0) is 19.6. The molecule has 0 unspecified atom stereocenters. The predicted molar refractivity (Wildman–Crippen MR) is 106 cm³/mol. The maximum Gasteiger partial charge on any atom is 0.266 e. The van der Waals surface area contributed by atoms with Crippen molar-refractivity contribution in [2.75, 3.05) is 12.4 Å². The minimum atomic E-state index is -0.472. The fourth-order valence-electron chi connectivity index (χ4n) is 3.14. The zero-order valence-corrected chi connectivity index (χ0v) is 15.7. The monoisotopic (exact) mass is 360 g/mol. The number of methoxy groups -OCH3 is 1. The molecule has 0 aliphatic rings. The summed E-state index contributed by atoms with van der Waals surface area (Å²) >= 11 is 0. The van der Waals surface area contributed by atoms with Gasteiger partial charge in [0.15, 0.2) is 11.3 Å². The Morgan fingerprint density at radius 3 is 2.52 bits per heavy atom. The van der Waals surface area contributed by atoms with E-state index in [2.05, 4.69) is 5.32 Å². The molecular formula is C22H20N2O3. The van der Waals surface area contributed by atoms with Crippen molar-refractivity contribution in [3.8, 4) is 11.8 Å². The average molecular weight is 360 g/mol. The molecule has 0 atom stereocenters. The number of benzene rings is 2. The summed E-state index contributed by atoms with van der Waals surface area (Å²) in [6.45, 7) is 5.86. The second-order valence-corrected chi connectivity index (χ2v) is 6.43. The van der Waals surface area contributed by atoms with Crippen LogP contribution in [-0.4, -0.2) is 13.0 Å². The molecule has 0 radical (unpaired) electrons. The summed E-state index contributed by atoms with van der Waals surface area (Å²) in [5, 5.41) is 13.1. The largest absolute Gasteiger partial charge is 0.493 e. The summed E-state index contributed by atoms with van der Waals surface area (Å²) in [6, 6.07) is 13.2. The highest BCUT2D eigenvalue weighted by Crippen LogP contribution is 2.29. The van der Waals surface area contributed by atoms with E-state index in [4.69, 9.17) is 9.15 Å². The van der Waals surface area contributed by atoms with Gasteiger partial charge in [0.05, 0.1) is 7.11 Å². The molecular weight excluding hydrogens is 340 g/mol. The van der Waals surface area contributed by atoms with Crippen LogP contribution in [-0.2, 0) is 4.79 Å². The summed E-state index contributed by atoms with van der Waals surface area (Å²) in [7, 11) is 1.56. The van der Waals surface area contributed by atoms with E-state index in [-0.39, 0.29) is 5.57 Å². The Labute approximate surface area is 157 Å². The second-order valence-electron chi connectivity index (χ2n) is 6.43. The Morgan fingerprint density at radius 2 is 1.89 bits per heavy atom. The SMILES string of the molecule is COc1cccc2cc(/C=C(\C#N)C(=O)Nc3c(C)cc(C)cc3C)oc12. The molecule has 2 aromatic carbocycles. The summed E-state index contributed by atoms with van der Waals surface area (Å²) < 4.78 is 11.0. The molecule has 1 aromatic heterocycles. The van der Waals surface area contributed by atoms with Gasteiger partial charge in [0.25, 0.3) is 5.91 Å². The Balaban J connectivity index is 1.93. The van der Waals surface area contributed by atoms with Gasteiger partial charge in [-0.3, -0.25) is 4.79 Å². The lowest BCUT2D eigenvalue weighted by molar-refractivity contribution is -0.112. The van der Waals surface area contributed by atoms with E-state index in [1.54, 1.807) is 19.2 Å². The third-order valence-corrected chi connectivity index (χ3v) is 4.31. The minimum Gasteiger partial charge on any atom is -0.493 e. The fourth-order valence-corrected chi connectivity index (χ4v) is 3.14. The van der Waals surface area contributed by atoms with Gasteiger partial charge < -0.3 is 14.5 Å². The van der Waals surface area contributed by atoms with Gasteiger partial charge in [-0.2, -0.15) is 5.26 Å². The maximum atomic E-state index is 12.6. The molecule has 3 rings (SSSR count). The van der Waals surface area contributed by atoms with Crippen LogP contribution in [0.4, 0.5) is 5.69 Å². The quantitative estimate of drug-likeness (QED) is 0.530. The van der Waals surface area contributed by atoms with Gasteiger partial charge in [-0.25, -0.2) is 0 Å². The number of hydrogen-bond acceptors (Lipinski definition) is 4. The molecule has 1 amide bonds. The number of carbonyl (C=O) groups is 1. The molecule has 0 saturated carbocycles. The van der Waals surface area contributed by atoms with Crippen LogP contribution in [0.15, 0.2) is 46.4 Å². The number of carbonyl (C=O) groups excluding carboxylic acids is 1. The van der Waals surface area contributed by atoms with Crippen LogP contribution in [0.2, 0.25) is 0 Å². The smallest absolute Gasteiger partial charge is 0.266 e. The maximum absolute atomic E-state index is 12.6. The van der Waals surface area contributed by atoms with Crippen molar-refractivity contribution in [2.24, 2.45) is 0 Å². The van der Waals surface area contributed by atoms with Crippen molar-refractivity contribution >= 4 is 28.6 Å². The number of ether oxygens (including phenoxy) is 1. The van der Waals surface area contributed by atoms with E-state index >= 15 is 0 Å². The number of amides is 1. The van der Waals surface area contributed by atoms with Gasteiger partial charge in [-0.15, -0.1) is 0 Å². The van der Waals surface area contributed by atoms with Crippen molar-refractivity contribution in [3.63, 3.8) is 0 Å². The van der Waals surface area contributed by atoms with Crippen molar-refractivity contribution in [1.82, 2.24) is 0 Å². The standard InChI is InChI=1S/C22H20N2O3/c1-13-8-14(2)20(15(3)9-13)24-22(25)17(12-23)11-18-10-16-6-5-7-19(26-4)21(16)27-18/h5-11H,1-4H3,(H,24,25)/b17-11+. The number of para-hydroxylation sites is 1. The van der Waals surface area contributed by atoms with Crippen LogP contribution in [0, 0.1) is 32.1 Å². The van der Waals surface area contributed by atoms with Crippen LogP contribution in [0.3, 0.4) is 0 Å². The lowest BCUT2D eigenvalue weighted by Crippen LogP contribution is -2.15. The molecule has 5 nitrogen and oxygen atoms in total. The van der Waals surface area contributed by atoms with Gasteiger partial charge in [-0.05, 0) is 44.0 Å².